The average Bonchev–Trinajstić information content (AvgIpc) is 2.89. The summed E-state index contributed by atoms with van der Waals surface area (Å²) in [5.41, 5.74) is -0.695. The topological polar surface area (TPSA) is 67.3 Å². The Labute approximate surface area is 122 Å². The van der Waals surface area contributed by atoms with Crippen LogP contribution in [0.25, 0.3) is 10.2 Å². The monoisotopic (exact) mass is 293 g/mol. The van der Waals surface area contributed by atoms with Crippen LogP contribution in [0.3, 0.4) is 0 Å². The first kappa shape index (κ1) is 13.7. The lowest BCUT2D eigenvalue weighted by molar-refractivity contribution is -0.0543. The Bertz CT molecular complexity index is 593. The summed E-state index contributed by atoms with van der Waals surface area (Å²) in [5.74, 6) is 0.811. The first-order valence-corrected chi connectivity index (χ1v) is 7.79. The van der Waals surface area contributed by atoms with Crippen molar-refractivity contribution < 1.29 is 9.84 Å². The Balaban J connectivity index is 1.78. The second-order valence-electron chi connectivity index (χ2n) is 5.20. The number of hydrogen-bond donors (Lipinski definition) is 2. The van der Waals surface area contributed by atoms with Gasteiger partial charge in [0.1, 0.15) is 17.0 Å². The van der Waals surface area contributed by atoms with Crippen LogP contribution in [0.5, 0.6) is 0 Å². The van der Waals surface area contributed by atoms with Gasteiger partial charge in [-0.25, -0.2) is 9.97 Å². The fourth-order valence-electron chi connectivity index (χ4n) is 2.40. The zero-order chi connectivity index (χ0) is 14.0. The Kier molecular flexibility index (Phi) is 3.87. The summed E-state index contributed by atoms with van der Waals surface area (Å²) >= 11 is 1.70. The second-order valence-corrected chi connectivity index (χ2v) is 6.31. The number of rotatable bonds is 4. The summed E-state index contributed by atoms with van der Waals surface area (Å²) in [5, 5.41) is 14.8. The van der Waals surface area contributed by atoms with Gasteiger partial charge in [-0.15, -0.1) is 11.3 Å². The summed E-state index contributed by atoms with van der Waals surface area (Å²) < 4.78 is 5.29. The Morgan fingerprint density at radius 2 is 2.20 bits per heavy atom. The molecule has 1 aliphatic rings. The highest BCUT2D eigenvalue weighted by atomic mass is 32.1. The van der Waals surface area contributed by atoms with E-state index < -0.39 is 5.60 Å². The third-order valence-corrected chi connectivity index (χ3v) is 4.92. The van der Waals surface area contributed by atoms with Gasteiger partial charge in [0, 0.05) is 37.5 Å². The minimum atomic E-state index is -0.695. The first-order valence-electron chi connectivity index (χ1n) is 6.98. The number of nitrogens with one attached hydrogen (secondary N) is 1. The predicted molar refractivity (Wildman–Crippen MR) is 80.3 cm³/mol. The molecule has 0 aromatic carbocycles. The van der Waals surface area contributed by atoms with Crippen LogP contribution in [0.4, 0.5) is 5.82 Å². The number of anilines is 1. The number of aryl methyl sites for hydroxylation is 1. The van der Waals surface area contributed by atoms with Crippen molar-refractivity contribution in [3.8, 4) is 0 Å². The van der Waals surface area contributed by atoms with Crippen LogP contribution in [0.15, 0.2) is 12.4 Å². The standard InChI is InChI=1S/C14H19N3O2S/c1-2-10-7-11-12(16-9-17-13(11)20-10)15-8-14(18)3-5-19-6-4-14/h7,9,18H,2-6,8H2,1H3,(H,15,16,17). The maximum absolute atomic E-state index is 10.5. The van der Waals surface area contributed by atoms with E-state index in [0.717, 1.165) is 22.5 Å². The van der Waals surface area contributed by atoms with Crippen molar-refractivity contribution in [1.82, 2.24) is 9.97 Å². The van der Waals surface area contributed by atoms with E-state index in [9.17, 15) is 5.11 Å². The summed E-state index contributed by atoms with van der Waals surface area (Å²) in [7, 11) is 0. The van der Waals surface area contributed by atoms with Gasteiger partial charge >= 0.3 is 0 Å². The highest BCUT2D eigenvalue weighted by Gasteiger charge is 2.29. The van der Waals surface area contributed by atoms with Gasteiger partial charge in [-0.2, -0.15) is 0 Å². The molecule has 2 aromatic heterocycles. The molecular formula is C14H19N3O2S. The number of nitrogens with zero attached hydrogens (tertiary/aromatic N) is 2. The lowest BCUT2D eigenvalue weighted by Gasteiger charge is -2.32. The molecule has 0 saturated carbocycles. The summed E-state index contributed by atoms with van der Waals surface area (Å²) in [4.78, 5) is 10.9. The molecule has 108 valence electrons. The van der Waals surface area contributed by atoms with Crippen molar-refractivity contribution in [2.45, 2.75) is 31.8 Å². The number of fused-ring (bicyclic) bond motifs is 1. The van der Waals surface area contributed by atoms with Crippen molar-refractivity contribution in [1.29, 1.82) is 0 Å². The molecule has 0 unspecified atom stereocenters. The summed E-state index contributed by atoms with van der Waals surface area (Å²) in [6, 6.07) is 2.14. The van der Waals surface area contributed by atoms with Crippen LogP contribution in [-0.4, -0.2) is 40.4 Å². The molecule has 1 saturated heterocycles. The van der Waals surface area contributed by atoms with Crippen molar-refractivity contribution in [3.63, 3.8) is 0 Å². The Morgan fingerprint density at radius 3 is 2.95 bits per heavy atom. The molecule has 2 N–H and O–H groups in total. The lowest BCUT2D eigenvalue weighted by Crippen LogP contribution is -2.42. The predicted octanol–water partition coefficient (Wildman–Crippen LogP) is 2.21. The van der Waals surface area contributed by atoms with E-state index in [1.165, 1.54) is 4.88 Å². The van der Waals surface area contributed by atoms with E-state index in [1.807, 2.05) is 0 Å². The number of thiophene rings is 1. The Hall–Kier alpha value is -1.24. The molecule has 1 fully saturated rings. The normalized spacial score (nSPS) is 18.3. The second kappa shape index (κ2) is 5.63. The number of aliphatic hydroxyl groups is 1. The van der Waals surface area contributed by atoms with Crippen LogP contribution in [0.2, 0.25) is 0 Å². The fourth-order valence-corrected chi connectivity index (χ4v) is 3.33. The van der Waals surface area contributed by atoms with E-state index in [1.54, 1.807) is 17.7 Å². The molecule has 0 bridgehead atoms. The van der Waals surface area contributed by atoms with Gasteiger partial charge in [0.25, 0.3) is 0 Å². The van der Waals surface area contributed by atoms with Crippen LogP contribution in [0, 0.1) is 0 Å². The van der Waals surface area contributed by atoms with Crippen LogP contribution in [0.1, 0.15) is 24.6 Å². The molecule has 1 aliphatic heterocycles. The third-order valence-electron chi connectivity index (χ3n) is 3.74. The molecule has 0 radical (unpaired) electrons. The summed E-state index contributed by atoms with van der Waals surface area (Å²) in [6.07, 6.45) is 3.91. The smallest absolute Gasteiger partial charge is 0.138 e. The highest BCUT2D eigenvalue weighted by Crippen LogP contribution is 2.29. The first-order chi connectivity index (χ1) is 9.70. The van der Waals surface area contributed by atoms with Crippen molar-refractivity contribution in [2.75, 3.05) is 25.1 Å². The molecule has 3 heterocycles. The molecule has 3 rings (SSSR count). The number of hydrogen-bond acceptors (Lipinski definition) is 6. The van der Waals surface area contributed by atoms with Gasteiger partial charge in [0.2, 0.25) is 0 Å². The van der Waals surface area contributed by atoms with E-state index >= 15 is 0 Å². The van der Waals surface area contributed by atoms with E-state index in [0.29, 0.717) is 32.6 Å². The zero-order valence-corrected chi connectivity index (χ0v) is 12.4. The maximum atomic E-state index is 10.5. The molecule has 2 aromatic rings. The van der Waals surface area contributed by atoms with Gasteiger partial charge in [-0.3, -0.25) is 0 Å². The van der Waals surface area contributed by atoms with Crippen LogP contribution >= 0.6 is 11.3 Å². The van der Waals surface area contributed by atoms with Gasteiger partial charge in [0.05, 0.1) is 11.0 Å². The largest absolute Gasteiger partial charge is 0.388 e. The van der Waals surface area contributed by atoms with Gasteiger partial charge in [0.15, 0.2) is 0 Å². The third kappa shape index (κ3) is 2.77. The van der Waals surface area contributed by atoms with Crippen LogP contribution in [-0.2, 0) is 11.2 Å². The quantitative estimate of drug-likeness (QED) is 0.904. The maximum Gasteiger partial charge on any atom is 0.138 e. The average molecular weight is 293 g/mol. The molecule has 6 heteroatoms. The zero-order valence-electron chi connectivity index (χ0n) is 11.6. The fraction of sp³-hybridized carbons (Fsp3) is 0.571. The van der Waals surface area contributed by atoms with E-state index in [-0.39, 0.29) is 0 Å². The van der Waals surface area contributed by atoms with Crippen LogP contribution < -0.4 is 5.32 Å². The molecule has 0 atom stereocenters. The number of ether oxygens (including phenoxy) is 1. The molecule has 20 heavy (non-hydrogen) atoms. The SMILES string of the molecule is CCc1cc2c(NCC3(O)CCOCC3)ncnc2s1. The molecule has 0 aliphatic carbocycles. The van der Waals surface area contributed by atoms with E-state index in [2.05, 4.69) is 28.3 Å². The molecular weight excluding hydrogens is 274 g/mol. The van der Waals surface area contributed by atoms with Crippen molar-refractivity contribution in [3.05, 3.63) is 17.3 Å². The van der Waals surface area contributed by atoms with Gasteiger partial charge in [-0.05, 0) is 12.5 Å². The Morgan fingerprint density at radius 1 is 1.40 bits per heavy atom. The number of aromatic nitrogens is 2. The molecule has 0 amide bonds. The summed E-state index contributed by atoms with van der Waals surface area (Å²) in [6.45, 7) is 3.88. The minimum Gasteiger partial charge on any atom is -0.388 e. The van der Waals surface area contributed by atoms with Crippen molar-refractivity contribution >= 4 is 27.4 Å². The lowest BCUT2D eigenvalue weighted by atomic mass is 9.94. The minimum absolute atomic E-state index is 0.500. The van der Waals surface area contributed by atoms with E-state index in [4.69, 9.17) is 4.74 Å². The molecule has 5 nitrogen and oxygen atoms in total. The molecule has 0 spiro atoms. The highest BCUT2D eigenvalue weighted by molar-refractivity contribution is 7.18. The van der Waals surface area contributed by atoms with Gasteiger partial charge < -0.3 is 15.2 Å². The van der Waals surface area contributed by atoms with Gasteiger partial charge in [-0.1, -0.05) is 6.92 Å². The van der Waals surface area contributed by atoms with Crippen molar-refractivity contribution in [2.24, 2.45) is 0 Å².